The summed E-state index contributed by atoms with van der Waals surface area (Å²) in [6.07, 6.45) is 0. The number of para-hydroxylation sites is 2. The molecule has 0 saturated heterocycles. The average molecular weight is 312 g/mol. The molecule has 2 N–H and O–H groups in total. The Kier molecular flexibility index (Phi) is 3.60. The number of nitrogens with zero attached hydrogens (tertiary/aromatic N) is 1. The zero-order valence-electron chi connectivity index (χ0n) is 13.0. The Bertz CT molecular complexity index is 980. The van der Waals surface area contributed by atoms with Crippen molar-refractivity contribution in [3.63, 3.8) is 0 Å². The molecule has 4 aromatic rings. The van der Waals surface area contributed by atoms with Crippen molar-refractivity contribution in [2.24, 2.45) is 0 Å². The zero-order valence-corrected chi connectivity index (χ0v) is 13.0. The Balaban J connectivity index is 1.65. The van der Waals surface area contributed by atoms with Crippen LogP contribution >= 0.6 is 0 Å². The molecule has 0 spiro atoms. The van der Waals surface area contributed by atoms with Gasteiger partial charge in [0.25, 0.3) is 0 Å². The number of aromatic nitrogens is 1. The lowest BCUT2D eigenvalue weighted by Crippen LogP contribution is -1.92. The van der Waals surface area contributed by atoms with Gasteiger partial charge >= 0.3 is 0 Å². The number of nitrogen functional groups attached to an aromatic ring is 1. The van der Waals surface area contributed by atoms with Crippen LogP contribution < -0.4 is 10.5 Å². The minimum Gasteiger partial charge on any atom is -0.457 e. The number of anilines is 1. The second-order valence-corrected chi connectivity index (χ2v) is 5.55. The van der Waals surface area contributed by atoms with E-state index in [-0.39, 0.29) is 0 Å². The molecule has 0 aliphatic rings. The molecular formula is C21H16N2O. The summed E-state index contributed by atoms with van der Waals surface area (Å²) in [6, 6.07) is 27.4. The van der Waals surface area contributed by atoms with Crippen molar-refractivity contribution in [2.45, 2.75) is 0 Å². The van der Waals surface area contributed by atoms with Gasteiger partial charge in [-0.05, 0) is 48.5 Å². The first kappa shape index (κ1) is 14.3. The van der Waals surface area contributed by atoms with E-state index in [0.29, 0.717) is 0 Å². The topological polar surface area (TPSA) is 48.1 Å². The summed E-state index contributed by atoms with van der Waals surface area (Å²) in [5, 5.41) is 0.977. The van der Waals surface area contributed by atoms with Crippen LogP contribution in [0.1, 0.15) is 0 Å². The highest BCUT2D eigenvalue weighted by Crippen LogP contribution is 2.28. The Morgan fingerprint density at radius 3 is 2.17 bits per heavy atom. The number of hydrogen-bond acceptors (Lipinski definition) is 3. The molecule has 116 valence electrons. The summed E-state index contributed by atoms with van der Waals surface area (Å²) in [7, 11) is 0. The summed E-state index contributed by atoms with van der Waals surface area (Å²) in [5.74, 6) is 1.61. The van der Waals surface area contributed by atoms with Crippen molar-refractivity contribution in [2.75, 3.05) is 5.73 Å². The van der Waals surface area contributed by atoms with Crippen LogP contribution in [-0.2, 0) is 0 Å². The van der Waals surface area contributed by atoms with Gasteiger partial charge in [-0.2, -0.15) is 0 Å². The molecule has 4 rings (SSSR count). The average Bonchev–Trinajstić information content (AvgIpc) is 2.63. The van der Waals surface area contributed by atoms with Gasteiger partial charge < -0.3 is 10.5 Å². The molecule has 3 nitrogen and oxygen atoms in total. The first-order valence-electron chi connectivity index (χ1n) is 7.78. The molecule has 0 bridgehead atoms. The van der Waals surface area contributed by atoms with Crippen molar-refractivity contribution < 1.29 is 4.74 Å². The van der Waals surface area contributed by atoms with Gasteiger partial charge in [0.05, 0.1) is 11.2 Å². The third-order valence-electron chi connectivity index (χ3n) is 3.88. The number of benzene rings is 3. The minimum atomic E-state index is 0.736. The Morgan fingerprint density at radius 1 is 0.708 bits per heavy atom. The fraction of sp³-hybridized carbons (Fsp3) is 0. The molecule has 0 aliphatic carbocycles. The number of fused-ring (bicyclic) bond motifs is 1. The van der Waals surface area contributed by atoms with Gasteiger partial charge in [-0.15, -0.1) is 0 Å². The number of rotatable bonds is 3. The molecule has 1 aromatic heterocycles. The fourth-order valence-corrected chi connectivity index (χ4v) is 2.67. The molecule has 0 fully saturated rings. The van der Waals surface area contributed by atoms with Crippen LogP contribution in [-0.4, -0.2) is 4.98 Å². The van der Waals surface area contributed by atoms with E-state index < -0.39 is 0 Å². The first-order chi connectivity index (χ1) is 11.8. The van der Waals surface area contributed by atoms with E-state index in [2.05, 4.69) is 0 Å². The number of ether oxygens (including phenoxy) is 1. The number of nitrogens with two attached hydrogens (primary N) is 1. The van der Waals surface area contributed by atoms with E-state index >= 15 is 0 Å². The van der Waals surface area contributed by atoms with Crippen LogP contribution in [0, 0.1) is 0 Å². The molecule has 0 radical (unpaired) electrons. The van der Waals surface area contributed by atoms with Crippen molar-refractivity contribution in [1.29, 1.82) is 0 Å². The van der Waals surface area contributed by atoms with Gasteiger partial charge in [0.2, 0.25) is 0 Å². The minimum absolute atomic E-state index is 0.736. The fourth-order valence-electron chi connectivity index (χ4n) is 2.67. The van der Waals surface area contributed by atoms with E-state index in [1.807, 2.05) is 84.9 Å². The van der Waals surface area contributed by atoms with Gasteiger partial charge in [-0.3, -0.25) is 0 Å². The van der Waals surface area contributed by atoms with Crippen LogP contribution in [0.3, 0.4) is 0 Å². The van der Waals surface area contributed by atoms with Crippen molar-refractivity contribution >= 4 is 16.6 Å². The standard InChI is InChI=1S/C21H16N2O/c22-19-14-21(23-20-9-5-4-8-18(19)20)15-10-12-17(13-11-15)24-16-6-2-1-3-7-16/h1-14H,(H2,22,23). The lowest BCUT2D eigenvalue weighted by molar-refractivity contribution is 0.483. The largest absolute Gasteiger partial charge is 0.457 e. The summed E-state index contributed by atoms with van der Waals surface area (Å²) in [5.41, 5.74) is 9.66. The molecule has 3 aromatic carbocycles. The number of pyridine rings is 1. The Labute approximate surface area is 140 Å². The second-order valence-electron chi connectivity index (χ2n) is 5.55. The first-order valence-corrected chi connectivity index (χ1v) is 7.78. The molecule has 1 heterocycles. The van der Waals surface area contributed by atoms with E-state index in [0.717, 1.165) is 39.3 Å². The maximum atomic E-state index is 6.16. The predicted molar refractivity (Wildman–Crippen MR) is 98.1 cm³/mol. The van der Waals surface area contributed by atoms with E-state index in [1.165, 1.54) is 0 Å². The van der Waals surface area contributed by atoms with Gasteiger partial charge in [0.1, 0.15) is 11.5 Å². The summed E-state index contributed by atoms with van der Waals surface area (Å²) in [6.45, 7) is 0. The predicted octanol–water partition coefficient (Wildman–Crippen LogP) is 5.28. The van der Waals surface area contributed by atoms with Gasteiger partial charge in [-0.1, -0.05) is 36.4 Å². The van der Waals surface area contributed by atoms with Gasteiger partial charge in [0, 0.05) is 16.6 Å². The third kappa shape index (κ3) is 2.79. The van der Waals surface area contributed by atoms with Crippen molar-refractivity contribution in [3.8, 4) is 22.8 Å². The molecule has 0 amide bonds. The molecule has 0 aliphatic heterocycles. The van der Waals surface area contributed by atoms with Crippen LogP contribution in [0.2, 0.25) is 0 Å². The summed E-state index contributed by atoms with van der Waals surface area (Å²) in [4.78, 5) is 4.70. The van der Waals surface area contributed by atoms with Gasteiger partial charge in [0.15, 0.2) is 0 Å². The number of hydrogen-bond donors (Lipinski definition) is 1. The molecule has 0 saturated carbocycles. The van der Waals surface area contributed by atoms with Crippen molar-refractivity contribution in [1.82, 2.24) is 4.98 Å². The summed E-state index contributed by atoms with van der Waals surface area (Å²) < 4.78 is 5.82. The van der Waals surface area contributed by atoms with Crippen LogP contribution in [0.4, 0.5) is 5.69 Å². The quantitative estimate of drug-likeness (QED) is 0.560. The van der Waals surface area contributed by atoms with E-state index in [4.69, 9.17) is 15.5 Å². The van der Waals surface area contributed by atoms with Crippen LogP contribution in [0.25, 0.3) is 22.2 Å². The maximum absolute atomic E-state index is 6.16. The highest BCUT2D eigenvalue weighted by Gasteiger charge is 2.06. The molecular weight excluding hydrogens is 296 g/mol. The zero-order chi connectivity index (χ0) is 16.4. The van der Waals surface area contributed by atoms with E-state index in [1.54, 1.807) is 0 Å². The smallest absolute Gasteiger partial charge is 0.127 e. The molecule has 24 heavy (non-hydrogen) atoms. The SMILES string of the molecule is Nc1cc(-c2ccc(Oc3ccccc3)cc2)nc2ccccc12. The second kappa shape index (κ2) is 6.05. The Hall–Kier alpha value is -3.33. The molecule has 3 heteroatoms. The van der Waals surface area contributed by atoms with Crippen molar-refractivity contribution in [3.05, 3.63) is 84.9 Å². The highest BCUT2D eigenvalue weighted by molar-refractivity contribution is 5.92. The lowest BCUT2D eigenvalue weighted by Gasteiger charge is -2.08. The highest BCUT2D eigenvalue weighted by atomic mass is 16.5. The Morgan fingerprint density at radius 2 is 1.38 bits per heavy atom. The molecule has 0 unspecified atom stereocenters. The van der Waals surface area contributed by atoms with E-state index in [9.17, 15) is 0 Å². The maximum Gasteiger partial charge on any atom is 0.127 e. The molecule has 0 atom stereocenters. The normalized spacial score (nSPS) is 10.7. The monoisotopic (exact) mass is 312 g/mol. The van der Waals surface area contributed by atoms with Crippen LogP contribution in [0.15, 0.2) is 84.9 Å². The summed E-state index contributed by atoms with van der Waals surface area (Å²) >= 11 is 0. The van der Waals surface area contributed by atoms with Gasteiger partial charge in [-0.25, -0.2) is 4.98 Å². The lowest BCUT2D eigenvalue weighted by atomic mass is 10.1. The third-order valence-corrected chi connectivity index (χ3v) is 3.88. The van der Waals surface area contributed by atoms with Crippen LogP contribution in [0.5, 0.6) is 11.5 Å².